The van der Waals surface area contributed by atoms with E-state index in [0.29, 0.717) is 11.3 Å². The maximum Gasteiger partial charge on any atom is 0.410 e. The van der Waals surface area contributed by atoms with Crippen LogP contribution in [-0.4, -0.2) is 55.4 Å². The Kier molecular flexibility index (Phi) is 11.3. The van der Waals surface area contributed by atoms with Gasteiger partial charge in [0.15, 0.2) is 6.73 Å². The van der Waals surface area contributed by atoms with Gasteiger partial charge in [0, 0.05) is 18.5 Å². The predicted octanol–water partition coefficient (Wildman–Crippen LogP) is 4.44. The van der Waals surface area contributed by atoms with Crippen molar-refractivity contribution in [3.63, 3.8) is 0 Å². The lowest BCUT2D eigenvalue weighted by Gasteiger charge is -2.24. The molecule has 3 aromatic rings. The summed E-state index contributed by atoms with van der Waals surface area (Å²) in [6, 6.07) is 20.7. The van der Waals surface area contributed by atoms with Crippen LogP contribution in [0.1, 0.15) is 50.3 Å². The first-order valence-electron chi connectivity index (χ1n) is 14.9. The number of hydrogen-bond acceptors (Lipinski definition) is 8. The van der Waals surface area contributed by atoms with E-state index in [2.05, 4.69) is 38.1 Å². The Bertz CT molecular complexity index is 1530. The van der Waals surface area contributed by atoms with Crippen molar-refractivity contribution in [2.75, 3.05) is 18.7 Å². The van der Waals surface area contributed by atoms with E-state index in [4.69, 9.17) is 9.47 Å². The molecule has 0 bridgehead atoms. The molecule has 0 aliphatic heterocycles. The molecule has 0 saturated carbocycles. The minimum Gasteiger partial charge on any atom is -0.449 e. The Morgan fingerprint density at radius 3 is 1.91 bits per heavy atom. The summed E-state index contributed by atoms with van der Waals surface area (Å²) in [5.41, 5.74) is 5.51. The second-order valence-electron chi connectivity index (χ2n) is 11.1. The van der Waals surface area contributed by atoms with E-state index in [0.717, 1.165) is 22.3 Å². The van der Waals surface area contributed by atoms with Gasteiger partial charge in [-0.15, -0.1) is 0 Å². The van der Waals surface area contributed by atoms with Gasteiger partial charge in [-0.05, 0) is 52.8 Å². The summed E-state index contributed by atoms with van der Waals surface area (Å²) >= 11 is 0. The molecule has 1 aliphatic rings. The van der Waals surface area contributed by atoms with Crippen molar-refractivity contribution < 1.29 is 38.2 Å². The Labute approximate surface area is 267 Å². The fourth-order valence-corrected chi connectivity index (χ4v) is 5.00. The number of ether oxygens (including phenoxy) is 3. The van der Waals surface area contributed by atoms with Gasteiger partial charge < -0.3 is 30.2 Å². The summed E-state index contributed by atoms with van der Waals surface area (Å²) in [5.74, 6) is -1.92. The number of rotatable bonds is 12. The number of benzene rings is 3. The molecule has 0 saturated heterocycles. The number of amides is 4. The number of hydrogen-bond donors (Lipinski definition) is 4. The molecule has 4 amide bonds. The van der Waals surface area contributed by atoms with Crippen LogP contribution >= 0.6 is 0 Å². The average Bonchev–Trinajstić information content (AvgIpc) is 3.35. The Balaban J connectivity index is 1.24. The summed E-state index contributed by atoms with van der Waals surface area (Å²) in [6.07, 6.45) is -1.48. The number of fused-ring (bicyclic) bond motifs is 3. The van der Waals surface area contributed by atoms with Crippen LogP contribution in [0.3, 0.4) is 0 Å². The summed E-state index contributed by atoms with van der Waals surface area (Å²) in [5, 5.41) is 10.3. The second kappa shape index (κ2) is 15.6. The van der Waals surface area contributed by atoms with E-state index in [-0.39, 0.29) is 31.8 Å². The lowest BCUT2D eigenvalue weighted by molar-refractivity contribution is -0.141. The van der Waals surface area contributed by atoms with Crippen LogP contribution in [-0.2, 0) is 35.2 Å². The van der Waals surface area contributed by atoms with Crippen LogP contribution in [0.4, 0.5) is 15.3 Å². The molecule has 0 spiro atoms. The van der Waals surface area contributed by atoms with Crippen molar-refractivity contribution >= 4 is 35.7 Å². The second-order valence-corrected chi connectivity index (χ2v) is 11.1. The van der Waals surface area contributed by atoms with Gasteiger partial charge in [-0.2, -0.15) is 0 Å². The molecule has 46 heavy (non-hydrogen) atoms. The highest BCUT2D eigenvalue weighted by Gasteiger charge is 2.31. The van der Waals surface area contributed by atoms with Gasteiger partial charge >= 0.3 is 18.2 Å². The van der Waals surface area contributed by atoms with Crippen LogP contribution in [0.5, 0.6) is 0 Å². The van der Waals surface area contributed by atoms with Crippen LogP contribution in [0, 0.1) is 5.92 Å². The van der Waals surface area contributed by atoms with Gasteiger partial charge in [-0.25, -0.2) is 9.59 Å². The third kappa shape index (κ3) is 8.84. The third-order valence-electron chi connectivity index (χ3n) is 7.40. The highest BCUT2D eigenvalue weighted by molar-refractivity contribution is 5.98. The van der Waals surface area contributed by atoms with Crippen LogP contribution in [0.25, 0.3) is 11.1 Å². The predicted molar refractivity (Wildman–Crippen MR) is 169 cm³/mol. The molecule has 0 unspecified atom stereocenters. The third-order valence-corrected chi connectivity index (χ3v) is 7.40. The smallest absolute Gasteiger partial charge is 0.410 e. The zero-order valence-corrected chi connectivity index (χ0v) is 26.1. The van der Waals surface area contributed by atoms with E-state index >= 15 is 0 Å². The number of nitrogens with one attached hydrogen (secondary N) is 4. The first kappa shape index (κ1) is 33.5. The fourth-order valence-electron chi connectivity index (χ4n) is 5.00. The van der Waals surface area contributed by atoms with Gasteiger partial charge in [0.1, 0.15) is 25.3 Å². The van der Waals surface area contributed by atoms with Gasteiger partial charge in [0.05, 0.1) is 0 Å². The molecule has 1 aliphatic carbocycles. The summed E-state index contributed by atoms with van der Waals surface area (Å²) in [4.78, 5) is 61.1. The summed E-state index contributed by atoms with van der Waals surface area (Å²) in [7, 11) is 0. The van der Waals surface area contributed by atoms with Gasteiger partial charge in [-0.1, -0.05) is 74.5 Å². The van der Waals surface area contributed by atoms with Crippen molar-refractivity contribution in [2.24, 2.45) is 5.92 Å². The average molecular weight is 631 g/mol. The largest absolute Gasteiger partial charge is 0.449 e. The SMILES string of the molecule is CC(=O)OCNC(=O)OCc1ccc(NC(=O)[C@@H](C)NC(=O)[C@H](NC(=O)OCC2c3ccccc3-c3ccccc32)C(C)C)cc1. The molecule has 4 N–H and O–H groups in total. The number of carbonyl (C=O) groups is 5. The molecule has 12 nitrogen and oxygen atoms in total. The fraction of sp³-hybridized carbons (Fsp3) is 0.324. The normalized spacial score (nSPS) is 13.0. The first-order chi connectivity index (χ1) is 22.0. The molecule has 0 fully saturated rings. The van der Waals surface area contributed by atoms with Gasteiger partial charge in [0.2, 0.25) is 11.8 Å². The molecular weight excluding hydrogens is 592 g/mol. The standard InChI is InChI=1S/C34H38N4O8/c1-20(2)30(38-34(43)45-18-29-27-11-7-5-9-25(27)26-10-6-8-12-28(26)29)32(41)36-21(3)31(40)37-24-15-13-23(14-16-24)17-44-33(42)35-19-46-22(4)39/h5-16,20-21,29-30H,17-19H2,1-4H3,(H,35,42)(H,36,41)(H,37,40)(H,38,43)/t21-,30-/m1/s1. The van der Waals surface area contributed by atoms with Crippen LogP contribution in [0.2, 0.25) is 0 Å². The minimum atomic E-state index is -0.934. The number of alkyl carbamates (subject to hydrolysis) is 2. The molecule has 3 aromatic carbocycles. The Morgan fingerprint density at radius 2 is 1.33 bits per heavy atom. The van der Waals surface area contributed by atoms with Crippen LogP contribution in [0.15, 0.2) is 72.8 Å². The summed E-state index contributed by atoms with van der Waals surface area (Å²) in [6.45, 7) is 6.10. The van der Waals surface area contributed by atoms with Crippen molar-refractivity contribution in [1.82, 2.24) is 16.0 Å². The monoisotopic (exact) mass is 630 g/mol. The van der Waals surface area contributed by atoms with Crippen molar-refractivity contribution in [2.45, 2.75) is 52.3 Å². The van der Waals surface area contributed by atoms with Gasteiger partial charge in [0.25, 0.3) is 0 Å². The van der Waals surface area contributed by atoms with Crippen LogP contribution < -0.4 is 21.3 Å². The van der Waals surface area contributed by atoms with Crippen molar-refractivity contribution in [3.8, 4) is 11.1 Å². The Hall–Kier alpha value is -5.39. The zero-order valence-electron chi connectivity index (χ0n) is 26.1. The topological polar surface area (TPSA) is 161 Å². The van der Waals surface area contributed by atoms with Gasteiger partial charge in [-0.3, -0.25) is 19.7 Å². The van der Waals surface area contributed by atoms with E-state index in [1.807, 2.05) is 36.4 Å². The first-order valence-corrected chi connectivity index (χ1v) is 14.9. The molecule has 0 heterocycles. The lowest BCUT2D eigenvalue weighted by Crippen LogP contribution is -2.53. The summed E-state index contributed by atoms with van der Waals surface area (Å²) < 4.78 is 15.3. The number of anilines is 1. The highest BCUT2D eigenvalue weighted by Crippen LogP contribution is 2.44. The molecule has 0 radical (unpaired) electrons. The number of carbonyl (C=O) groups excluding carboxylic acids is 5. The lowest BCUT2D eigenvalue weighted by atomic mass is 9.98. The quantitative estimate of drug-likeness (QED) is 0.130. The molecule has 0 aromatic heterocycles. The van der Waals surface area contributed by atoms with E-state index in [1.165, 1.54) is 13.8 Å². The zero-order chi connectivity index (χ0) is 33.2. The van der Waals surface area contributed by atoms with E-state index in [1.54, 1.807) is 38.1 Å². The maximum atomic E-state index is 13.1. The minimum absolute atomic E-state index is 0.0418. The molecule has 2 atom stereocenters. The molecular formula is C34H38N4O8. The number of esters is 1. The van der Waals surface area contributed by atoms with Crippen molar-refractivity contribution in [3.05, 3.63) is 89.5 Å². The maximum absolute atomic E-state index is 13.1. The Morgan fingerprint density at radius 1 is 0.717 bits per heavy atom. The molecule has 242 valence electrons. The van der Waals surface area contributed by atoms with E-state index in [9.17, 15) is 24.0 Å². The van der Waals surface area contributed by atoms with E-state index < -0.39 is 42.1 Å². The molecule has 4 rings (SSSR count). The highest BCUT2D eigenvalue weighted by atomic mass is 16.6. The molecule has 12 heteroatoms. The van der Waals surface area contributed by atoms with Crippen molar-refractivity contribution in [1.29, 1.82) is 0 Å².